The summed E-state index contributed by atoms with van der Waals surface area (Å²) < 4.78 is 1.31. The van der Waals surface area contributed by atoms with Crippen LogP contribution in [-0.2, 0) is 9.59 Å². The molecule has 37 heavy (non-hydrogen) atoms. The number of anilines is 4. The van der Waals surface area contributed by atoms with E-state index in [9.17, 15) is 14.4 Å². The molecule has 0 aliphatic carbocycles. The first-order valence-electron chi connectivity index (χ1n) is 11.2. The van der Waals surface area contributed by atoms with Crippen LogP contribution >= 0.6 is 0 Å². The van der Waals surface area contributed by atoms with Crippen molar-refractivity contribution in [1.29, 1.82) is 0 Å². The number of rotatable bonds is 6. The van der Waals surface area contributed by atoms with Crippen LogP contribution in [0.4, 0.5) is 23.1 Å². The molecule has 1 amide bonds. The predicted molar refractivity (Wildman–Crippen MR) is 137 cm³/mol. The van der Waals surface area contributed by atoms with Crippen LogP contribution in [0.5, 0.6) is 0 Å². The van der Waals surface area contributed by atoms with E-state index in [4.69, 9.17) is 5.73 Å². The standard InChI is InChI=1S/C24H22N10O3/c1-26-16-12-18(28-15-6-5-9-32(17(15)13-35)19-7-3-4-8-27-19)30-34-21(22(25)37)24(29-23(16)34)33-11-10-31(2)20(33)14-36/h3-9,12,26H,10-11H2,1-2H3,(H2,25,37)(H,28,30). The van der Waals surface area contributed by atoms with Crippen LogP contribution in [0.2, 0.25) is 0 Å². The highest BCUT2D eigenvalue weighted by Gasteiger charge is 2.32. The summed E-state index contributed by atoms with van der Waals surface area (Å²) in [6.45, 7) is 0.965. The molecule has 4 N–H and O–H groups in total. The van der Waals surface area contributed by atoms with Gasteiger partial charge in [0.15, 0.2) is 46.4 Å². The number of aromatic nitrogens is 4. The second kappa shape index (κ2) is 9.34. The Morgan fingerprint density at radius 2 is 2.03 bits per heavy atom. The molecule has 13 heteroatoms. The molecule has 3 aromatic rings. The van der Waals surface area contributed by atoms with Gasteiger partial charge < -0.3 is 21.3 Å². The van der Waals surface area contributed by atoms with Crippen LogP contribution in [0.1, 0.15) is 10.5 Å². The number of hydrogen-bond donors (Lipinski definition) is 3. The van der Waals surface area contributed by atoms with Crippen molar-refractivity contribution in [3.8, 4) is 0 Å². The zero-order chi connectivity index (χ0) is 26.1. The lowest BCUT2D eigenvalue weighted by molar-refractivity contribution is 0.0994. The summed E-state index contributed by atoms with van der Waals surface area (Å²) in [5.74, 6) is 4.36. The fourth-order valence-corrected chi connectivity index (χ4v) is 4.20. The van der Waals surface area contributed by atoms with Crippen LogP contribution in [-0.4, -0.2) is 69.5 Å². The van der Waals surface area contributed by atoms with Crippen molar-refractivity contribution in [3.05, 3.63) is 71.7 Å². The largest absolute Gasteiger partial charge is 0.385 e. The molecule has 5 rings (SSSR count). The van der Waals surface area contributed by atoms with Crippen LogP contribution in [0.25, 0.3) is 5.65 Å². The summed E-state index contributed by atoms with van der Waals surface area (Å²) in [6, 6.07) is 7.02. The van der Waals surface area contributed by atoms with E-state index < -0.39 is 5.91 Å². The van der Waals surface area contributed by atoms with E-state index in [0.29, 0.717) is 41.8 Å². The molecule has 5 heterocycles. The number of nitrogens with zero attached hydrogens (tertiary/aromatic N) is 7. The van der Waals surface area contributed by atoms with Gasteiger partial charge >= 0.3 is 0 Å². The van der Waals surface area contributed by atoms with Crippen molar-refractivity contribution in [2.45, 2.75) is 0 Å². The van der Waals surface area contributed by atoms with Gasteiger partial charge in [0.05, 0.1) is 11.4 Å². The third-order valence-corrected chi connectivity index (χ3v) is 5.94. The third kappa shape index (κ3) is 3.96. The first-order chi connectivity index (χ1) is 18.0. The summed E-state index contributed by atoms with van der Waals surface area (Å²) in [5, 5.41) is 10.7. The summed E-state index contributed by atoms with van der Waals surface area (Å²) in [4.78, 5) is 49.9. The minimum Gasteiger partial charge on any atom is -0.385 e. The summed E-state index contributed by atoms with van der Waals surface area (Å²) >= 11 is 0. The number of carbonyl (C=O) groups is 1. The first kappa shape index (κ1) is 23.4. The normalized spacial score (nSPS) is 15.1. The van der Waals surface area contributed by atoms with E-state index in [1.807, 2.05) is 17.9 Å². The lowest BCUT2D eigenvalue weighted by atomic mass is 10.2. The van der Waals surface area contributed by atoms with Gasteiger partial charge in [-0.1, -0.05) is 6.07 Å². The smallest absolute Gasteiger partial charge is 0.271 e. The van der Waals surface area contributed by atoms with E-state index in [1.54, 1.807) is 71.5 Å². The minimum atomic E-state index is -0.774. The Morgan fingerprint density at radius 1 is 1.19 bits per heavy atom. The van der Waals surface area contributed by atoms with Gasteiger partial charge in [-0.25, -0.2) is 24.1 Å². The Balaban J connectivity index is 1.58. The molecule has 3 aromatic heterocycles. The van der Waals surface area contributed by atoms with Crippen molar-refractivity contribution in [1.82, 2.24) is 24.5 Å². The van der Waals surface area contributed by atoms with Gasteiger partial charge in [-0.2, -0.15) is 0 Å². The van der Waals surface area contributed by atoms with E-state index in [1.165, 1.54) is 4.52 Å². The van der Waals surface area contributed by atoms with E-state index in [-0.39, 0.29) is 23.0 Å². The molecule has 2 aliphatic heterocycles. The van der Waals surface area contributed by atoms with Gasteiger partial charge in [-0.05, 0) is 24.3 Å². The molecular weight excluding hydrogens is 476 g/mol. The highest BCUT2D eigenvalue weighted by atomic mass is 16.1. The molecule has 13 nitrogen and oxygen atoms in total. The molecule has 0 unspecified atom stereocenters. The number of nitrogens with one attached hydrogen (secondary N) is 2. The summed E-state index contributed by atoms with van der Waals surface area (Å²) in [5.41, 5.74) is 7.20. The zero-order valence-electron chi connectivity index (χ0n) is 20.0. The van der Waals surface area contributed by atoms with Gasteiger partial charge in [0.25, 0.3) is 5.91 Å². The van der Waals surface area contributed by atoms with E-state index in [0.717, 1.165) is 0 Å². The van der Waals surface area contributed by atoms with Crippen molar-refractivity contribution in [3.63, 3.8) is 0 Å². The van der Waals surface area contributed by atoms with Gasteiger partial charge in [-0.15, -0.1) is 5.10 Å². The molecule has 2 aliphatic rings. The zero-order valence-corrected chi connectivity index (χ0v) is 20.0. The van der Waals surface area contributed by atoms with Gasteiger partial charge in [0.1, 0.15) is 5.82 Å². The quantitative estimate of drug-likeness (QED) is 0.412. The molecule has 1 saturated heterocycles. The lowest BCUT2D eigenvalue weighted by Crippen LogP contribution is -2.26. The molecule has 0 aromatic carbocycles. The van der Waals surface area contributed by atoms with E-state index >= 15 is 0 Å². The number of allylic oxidation sites excluding steroid dienone is 2. The molecule has 1 fully saturated rings. The van der Waals surface area contributed by atoms with Gasteiger partial charge in [0, 0.05) is 45.6 Å². The number of fused-ring (bicyclic) bond motifs is 1. The van der Waals surface area contributed by atoms with Crippen LogP contribution in [0, 0.1) is 0 Å². The maximum Gasteiger partial charge on any atom is 0.271 e. The Kier molecular flexibility index (Phi) is 5.90. The maximum absolute atomic E-state index is 12.6. The Morgan fingerprint density at radius 3 is 2.70 bits per heavy atom. The number of primary amides is 1. The molecule has 186 valence electrons. The first-order valence-corrected chi connectivity index (χ1v) is 11.2. The fourth-order valence-electron chi connectivity index (χ4n) is 4.20. The van der Waals surface area contributed by atoms with Crippen LogP contribution in [0.15, 0.2) is 66.0 Å². The highest BCUT2D eigenvalue weighted by Crippen LogP contribution is 2.32. The van der Waals surface area contributed by atoms with Crippen molar-refractivity contribution >= 4 is 46.6 Å². The maximum atomic E-state index is 12.6. The van der Waals surface area contributed by atoms with Crippen molar-refractivity contribution in [2.75, 3.05) is 47.6 Å². The third-order valence-electron chi connectivity index (χ3n) is 5.94. The second-order valence-corrected chi connectivity index (χ2v) is 8.13. The minimum absolute atomic E-state index is 0.00279. The highest BCUT2D eigenvalue weighted by molar-refractivity contribution is 5.99. The van der Waals surface area contributed by atoms with Crippen LogP contribution in [0.3, 0.4) is 0 Å². The van der Waals surface area contributed by atoms with Crippen molar-refractivity contribution < 1.29 is 14.4 Å². The molecule has 0 spiro atoms. The van der Waals surface area contributed by atoms with Crippen LogP contribution < -0.4 is 26.2 Å². The predicted octanol–water partition coefficient (Wildman–Crippen LogP) is 0.735. The number of nitrogens with two attached hydrogens (primary N) is 1. The molecule has 0 saturated carbocycles. The summed E-state index contributed by atoms with van der Waals surface area (Å²) in [6.07, 6.45) is 6.76. The number of carbonyl (C=O) groups excluding carboxylic acids is 3. The molecular formula is C24H22N10O3. The average molecular weight is 499 g/mol. The number of likely N-dealkylation sites (N-methyl/N-ethyl adjacent to an activating group) is 1. The average Bonchev–Trinajstić information content (AvgIpc) is 3.48. The number of hydrogen-bond acceptors (Lipinski definition) is 11. The Hall–Kier alpha value is -5.38. The van der Waals surface area contributed by atoms with E-state index in [2.05, 4.69) is 25.7 Å². The molecule has 0 radical (unpaired) electrons. The number of pyridine rings is 1. The topological polar surface area (TPSA) is 154 Å². The van der Waals surface area contributed by atoms with Gasteiger partial charge in [-0.3, -0.25) is 14.6 Å². The Labute approximate surface area is 210 Å². The molecule has 0 atom stereocenters. The fraction of sp³-hybridized carbons (Fsp3) is 0.167. The number of amides is 1. The van der Waals surface area contributed by atoms with Gasteiger partial charge in [0.2, 0.25) is 0 Å². The Bertz CT molecular complexity index is 1560. The molecule has 0 bridgehead atoms. The second-order valence-electron chi connectivity index (χ2n) is 8.13. The SMILES string of the molecule is CNc1cc(NC2=CC=CN(c3ccccn3)C2=C=O)nn2c(C(N)=O)c(N3CCN(C)C3=C=O)nc12. The van der Waals surface area contributed by atoms with Crippen molar-refractivity contribution in [2.24, 2.45) is 5.73 Å². The lowest BCUT2D eigenvalue weighted by Gasteiger charge is -2.24. The monoisotopic (exact) mass is 498 g/mol. The number of imidazole rings is 1. The summed E-state index contributed by atoms with van der Waals surface area (Å²) in [7, 11) is 3.44.